The minimum atomic E-state index is 0. The Bertz CT molecular complexity index is 606. The number of amides is 1. The number of hydrogen-bond acceptors (Lipinski definition) is 2. The second-order valence-electron chi connectivity index (χ2n) is 6.93. The molecule has 27 heavy (non-hydrogen) atoms. The highest BCUT2D eigenvalue weighted by molar-refractivity contribution is 14.0. The molecule has 0 spiro atoms. The predicted octanol–water partition coefficient (Wildman–Crippen LogP) is 3.71. The molecule has 1 amide bonds. The number of benzene rings is 1. The molecule has 1 fully saturated rings. The molecule has 152 valence electrons. The maximum atomic E-state index is 12.4. The molecule has 1 unspecified atom stereocenters. The maximum absolute atomic E-state index is 12.4. The van der Waals surface area contributed by atoms with E-state index < -0.39 is 0 Å². The Balaban J connectivity index is 0.00000364. The van der Waals surface area contributed by atoms with Crippen molar-refractivity contribution in [3.05, 3.63) is 35.4 Å². The van der Waals surface area contributed by atoms with Crippen LogP contribution in [0.25, 0.3) is 0 Å². The van der Waals surface area contributed by atoms with Crippen LogP contribution in [0.4, 0.5) is 0 Å². The topological polar surface area (TPSA) is 56.7 Å². The Morgan fingerprint density at radius 1 is 1.19 bits per heavy atom. The van der Waals surface area contributed by atoms with E-state index in [2.05, 4.69) is 60.7 Å². The highest BCUT2D eigenvalue weighted by atomic mass is 127. The molecule has 1 atom stereocenters. The number of rotatable bonds is 7. The molecule has 2 N–H and O–H groups in total. The summed E-state index contributed by atoms with van der Waals surface area (Å²) in [5.74, 6) is 1.02. The zero-order valence-corrected chi connectivity index (χ0v) is 19.3. The fourth-order valence-electron chi connectivity index (χ4n) is 3.46. The minimum Gasteiger partial charge on any atom is -0.357 e. The Kier molecular flexibility index (Phi) is 11.4. The lowest BCUT2D eigenvalue weighted by Crippen LogP contribution is -2.44. The predicted molar refractivity (Wildman–Crippen MR) is 124 cm³/mol. The molecule has 1 aliphatic rings. The Hall–Kier alpha value is -1.31. The third-order valence-corrected chi connectivity index (χ3v) is 5.01. The molecule has 0 bridgehead atoms. The number of aliphatic imine (C=N–C) groups is 1. The molecule has 1 aromatic rings. The zero-order chi connectivity index (χ0) is 18.8. The third-order valence-electron chi connectivity index (χ3n) is 5.01. The number of halogens is 1. The Morgan fingerprint density at radius 2 is 1.93 bits per heavy atom. The van der Waals surface area contributed by atoms with Crippen LogP contribution < -0.4 is 10.6 Å². The van der Waals surface area contributed by atoms with E-state index >= 15 is 0 Å². The fourth-order valence-corrected chi connectivity index (χ4v) is 3.46. The van der Waals surface area contributed by atoms with Crippen molar-refractivity contribution >= 4 is 35.8 Å². The van der Waals surface area contributed by atoms with Gasteiger partial charge >= 0.3 is 0 Å². The van der Waals surface area contributed by atoms with Crippen LogP contribution in [0.1, 0.15) is 57.6 Å². The van der Waals surface area contributed by atoms with Crippen molar-refractivity contribution in [1.29, 1.82) is 0 Å². The number of aryl methyl sites for hydroxylation is 1. The van der Waals surface area contributed by atoms with E-state index in [4.69, 9.17) is 0 Å². The minimum absolute atomic E-state index is 0. The first-order valence-electron chi connectivity index (χ1n) is 10.0. The Labute approximate surface area is 181 Å². The quantitative estimate of drug-likeness (QED) is 0.351. The van der Waals surface area contributed by atoms with Crippen LogP contribution in [0.5, 0.6) is 0 Å². The molecule has 0 aromatic heterocycles. The van der Waals surface area contributed by atoms with Gasteiger partial charge in [-0.15, -0.1) is 24.0 Å². The molecule has 0 saturated carbocycles. The first kappa shape index (κ1) is 23.7. The van der Waals surface area contributed by atoms with Crippen molar-refractivity contribution in [2.24, 2.45) is 4.99 Å². The number of nitrogens with zero attached hydrogens (tertiary/aromatic N) is 2. The van der Waals surface area contributed by atoms with Crippen molar-refractivity contribution in [3.63, 3.8) is 0 Å². The molecule has 0 aliphatic carbocycles. The molecular formula is C21H35IN4O. The van der Waals surface area contributed by atoms with Crippen molar-refractivity contribution in [2.75, 3.05) is 19.6 Å². The summed E-state index contributed by atoms with van der Waals surface area (Å²) in [5, 5.41) is 6.57. The SMILES string of the molecule is CCNC(=NCc1ccccc1CC)NCCC(=O)N1CCCCC1C.I. The number of likely N-dealkylation sites (tertiary alicyclic amines) is 1. The van der Waals surface area contributed by atoms with E-state index in [1.165, 1.54) is 17.5 Å². The number of nitrogens with one attached hydrogen (secondary N) is 2. The molecule has 1 aromatic carbocycles. The van der Waals surface area contributed by atoms with Crippen molar-refractivity contribution in [1.82, 2.24) is 15.5 Å². The number of hydrogen-bond donors (Lipinski definition) is 2. The smallest absolute Gasteiger partial charge is 0.224 e. The summed E-state index contributed by atoms with van der Waals surface area (Å²) in [6.07, 6.45) is 5.02. The molecule has 0 radical (unpaired) electrons. The van der Waals surface area contributed by atoms with Gasteiger partial charge in [-0.3, -0.25) is 4.79 Å². The third kappa shape index (κ3) is 7.68. The molecule has 2 rings (SSSR count). The first-order valence-corrected chi connectivity index (χ1v) is 10.0. The fraction of sp³-hybridized carbons (Fsp3) is 0.619. The van der Waals surface area contributed by atoms with E-state index in [-0.39, 0.29) is 29.9 Å². The monoisotopic (exact) mass is 486 g/mol. The second kappa shape index (κ2) is 13.0. The van der Waals surface area contributed by atoms with Crippen LogP contribution in [0, 0.1) is 0 Å². The lowest BCUT2D eigenvalue weighted by atomic mass is 10.0. The van der Waals surface area contributed by atoms with E-state index in [0.717, 1.165) is 38.3 Å². The normalized spacial score (nSPS) is 17.2. The van der Waals surface area contributed by atoms with Crippen molar-refractivity contribution in [3.8, 4) is 0 Å². The van der Waals surface area contributed by atoms with Crippen molar-refractivity contribution in [2.45, 2.75) is 65.5 Å². The molecular weight excluding hydrogens is 451 g/mol. The largest absolute Gasteiger partial charge is 0.357 e. The summed E-state index contributed by atoms with van der Waals surface area (Å²) in [6, 6.07) is 8.80. The van der Waals surface area contributed by atoms with Crippen LogP contribution in [0.2, 0.25) is 0 Å². The molecule has 1 saturated heterocycles. The van der Waals surface area contributed by atoms with E-state index in [9.17, 15) is 4.79 Å². The number of carbonyl (C=O) groups is 1. The number of piperidine rings is 1. The number of carbonyl (C=O) groups excluding carboxylic acids is 1. The molecule has 1 heterocycles. The standard InChI is InChI=1S/C21H34N4O.HI/c1-4-18-11-6-7-12-19(18)16-24-21(22-5-2)23-14-13-20(26)25-15-9-8-10-17(25)3;/h6-7,11-12,17H,4-5,8-10,13-16H2,1-3H3,(H2,22,23,24);1H. The summed E-state index contributed by atoms with van der Waals surface area (Å²) in [5.41, 5.74) is 2.59. The average molecular weight is 486 g/mol. The van der Waals surface area contributed by atoms with Crippen LogP contribution in [0.15, 0.2) is 29.3 Å². The van der Waals surface area contributed by atoms with Gasteiger partial charge in [0, 0.05) is 32.1 Å². The summed E-state index contributed by atoms with van der Waals surface area (Å²) >= 11 is 0. The van der Waals surface area contributed by atoms with E-state index in [0.29, 0.717) is 25.6 Å². The van der Waals surface area contributed by atoms with Crippen LogP contribution >= 0.6 is 24.0 Å². The van der Waals surface area contributed by atoms with Gasteiger partial charge in [0.05, 0.1) is 6.54 Å². The van der Waals surface area contributed by atoms with Crippen LogP contribution in [-0.2, 0) is 17.8 Å². The van der Waals surface area contributed by atoms with E-state index in [1.807, 2.05) is 4.90 Å². The van der Waals surface area contributed by atoms with Gasteiger partial charge in [-0.25, -0.2) is 4.99 Å². The summed E-state index contributed by atoms with van der Waals surface area (Å²) in [4.78, 5) is 19.2. The van der Waals surface area contributed by atoms with Gasteiger partial charge in [-0.2, -0.15) is 0 Å². The molecule has 1 aliphatic heterocycles. The Morgan fingerprint density at radius 3 is 2.59 bits per heavy atom. The molecule has 6 heteroatoms. The first-order chi connectivity index (χ1) is 12.7. The molecule has 5 nitrogen and oxygen atoms in total. The van der Waals surface area contributed by atoms with Crippen molar-refractivity contribution < 1.29 is 4.79 Å². The van der Waals surface area contributed by atoms with Gasteiger partial charge in [-0.05, 0) is 50.7 Å². The van der Waals surface area contributed by atoms with Crippen LogP contribution in [-0.4, -0.2) is 42.4 Å². The summed E-state index contributed by atoms with van der Waals surface area (Å²) < 4.78 is 0. The lowest BCUT2D eigenvalue weighted by Gasteiger charge is -2.33. The summed E-state index contributed by atoms with van der Waals surface area (Å²) in [6.45, 7) is 9.35. The van der Waals surface area contributed by atoms with Crippen LogP contribution in [0.3, 0.4) is 0 Å². The summed E-state index contributed by atoms with van der Waals surface area (Å²) in [7, 11) is 0. The highest BCUT2D eigenvalue weighted by Crippen LogP contribution is 2.17. The van der Waals surface area contributed by atoms with Gasteiger partial charge in [0.25, 0.3) is 0 Å². The average Bonchev–Trinajstić information content (AvgIpc) is 2.66. The van der Waals surface area contributed by atoms with Gasteiger partial charge in [0.2, 0.25) is 5.91 Å². The highest BCUT2D eigenvalue weighted by Gasteiger charge is 2.22. The second-order valence-corrected chi connectivity index (χ2v) is 6.93. The van der Waals surface area contributed by atoms with E-state index in [1.54, 1.807) is 0 Å². The van der Waals surface area contributed by atoms with Gasteiger partial charge < -0.3 is 15.5 Å². The van der Waals surface area contributed by atoms with Gasteiger partial charge in [0.15, 0.2) is 5.96 Å². The maximum Gasteiger partial charge on any atom is 0.224 e. The van der Waals surface area contributed by atoms with Gasteiger partial charge in [0.1, 0.15) is 0 Å². The van der Waals surface area contributed by atoms with Gasteiger partial charge in [-0.1, -0.05) is 31.2 Å². The zero-order valence-electron chi connectivity index (χ0n) is 17.0. The lowest BCUT2D eigenvalue weighted by molar-refractivity contribution is -0.134. The number of guanidine groups is 1.